The average Bonchev–Trinajstić information content (AvgIpc) is 2.52. The number of rotatable bonds is 4. The predicted octanol–water partition coefficient (Wildman–Crippen LogP) is -0.337. The number of hydrogen-bond acceptors (Lipinski definition) is 4. The van der Waals surface area contributed by atoms with Gasteiger partial charge < -0.3 is 10.5 Å². The summed E-state index contributed by atoms with van der Waals surface area (Å²) in [6, 6.07) is 7.41. The van der Waals surface area contributed by atoms with E-state index >= 15 is 0 Å². The van der Waals surface area contributed by atoms with Gasteiger partial charge in [-0.15, -0.1) is 0 Å². The van der Waals surface area contributed by atoms with Crippen molar-refractivity contribution in [2.24, 2.45) is 5.73 Å². The zero-order chi connectivity index (χ0) is 15.1. The lowest BCUT2D eigenvalue weighted by Gasteiger charge is -2.26. The van der Waals surface area contributed by atoms with Crippen LogP contribution in [0, 0.1) is 11.8 Å². The summed E-state index contributed by atoms with van der Waals surface area (Å²) in [4.78, 5) is 0. The summed E-state index contributed by atoms with van der Waals surface area (Å²) in [5, 5.41) is 0. The molecule has 0 radical (unpaired) electrons. The van der Waals surface area contributed by atoms with Crippen molar-refractivity contribution in [3.63, 3.8) is 0 Å². The van der Waals surface area contributed by atoms with E-state index in [1.54, 1.807) is 0 Å². The van der Waals surface area contributed by atoms with Crippen molar-refractivity contribution in [2.45, 2.75) is 6.54 Å². The van der Waals surface area contributed by atoms with Gasteiger partial charge in [-0.1, -0.05) is 30.0 Å². The lowest BCUT2D eigenvalue weighted by molar-refractivity contribution is 0.0725. The molecule has 0 saturated carbocycles. The van der Waals surface area contributed by atoms with E-state index in [9.17, 15) is 8.42 Å². The topological polar surface area (TPSA) is 84.7 Å². The SMILES string of the molecule is NCC#Cc1ccccc1CNS(=O)(=O)N1CCOCC1. The monoisotopic (exact) mass is 309 g/mol. The Balaban J connectivity index is 2.05. The molecule has 0 atom stereocenters. The molecule has 0 spiro atoms. The molecule has 21 heavy (non-hydrogen) atoms. The number of morpholine rings is 1. The molecular weight excluding hydrogens is 290 g/mol. The molecule has 1 aliphatic rings. The Morgan fingerprint density at radius 1 is 1.29 bits per heavy atom. The fourth-order valence-electron chi connectivity index (χ4n) is 1.99. The van der Waals surface area contributed by atoms with Crippen LogP contribution in [0.4, 0.5) is 0 Å². The fraction of sp³-hybridized carbons (Fsp3) is 0.429. The second-order valence-corrected chi connectivity index (χ2v) is 6.26. The number of nitrogens with one attached hydrogen (secondary N) is 1. The zero-order valence-corrected chi connectivity index (χ0v) is 12.5. The number of ether oxygens (including phenoxy) is 1. The Hall–Kier alpha value is -1.43. The first kappa shape index (κ1) is 15.9. The molecule has 0 aromatic heterocycles. The first-order chi connectivity index (χ1) is 10.1. The van der Waals surface area contributed by atoms with Crippen LogP contribution in [0.2, 0.25) is 0 Å². The first-order valence-corrected chi connectivity index (χ1v) is 8.17. The minimum atomic E-state index is -3.49. The van der Waals surface area contributed by atoms with E-state index in [2.05, 4.69) is 16.6 Å². The Morgan fingerprint density at radius 2 is 2.00 bits per heavy atom. The third-order valence-corrected chi connectivity index (χ3v) is 4.65. The number of nitrogens with two attached hydrogens (primary N) is 1. The first-order valence-electron chi connectivity index (χ1n) is 6.73. The molecule has 0 bridgehead atoms. The molecule has 1 aromatic carbocycles. The minimum absolute atomic E-state index is 0.203. The Kier molecular flexibility index (Phi) is 5.73. The molecule has 2 rings (SSSR count). The smallest absolute Gasteiger partial charge is 0.279 e. The van der Waals surface area contributed by atoms with Crippen LogP contribution >= 0.6 is 0 Å². The van der Waals surface area contributed by atoms with E-state index in [1.807, 2.05) is 24.3 Å². The normalized spacial score (nSPS) is 16.2. The van der Waals surface area contributed by atoms with Gasteiger partial charge in [-0.05, 0) is 11.6 Å². The Bertz CT molecular complexity index is 628. The van der Waals surface area contributed by atoms with E-state index in [0.717, 1.165) is 11.1 Å². The molecule has 1 saturated heterocycles. The molecule has 1 fully saturated rings. The van der Waals surface area contributed by atoms with Gasteiger partial charge >= 0.3 is 0 Å². The highest BCUT2D eigenvalue weighted by Gasteiger charge is 2.23. The van der Waals surface area contributed by atoms with E-state index < -0.39 is 10.2 Å². The van der Waals surface area contributed by atoms with Crippen LogP contribution in [-0.2, 0) is 21.5 Å². The molecule has 3 N–H and O–H groups in total. The third kappa shape index (κ3) is 4.52. The maximum atomic E-state index is 12.2. The van der Waals surface area contributed by atoms with Crippen LogP contribution in [0.5, 0.6) is 0 Å². The van der Waals surface area contributed by atoms with Crippen LogP contribution in [0.3, 0.4) is 0 Å². The summed E-state index contributed by atoms with van der Waals surface area (Å²) in [6.45, 7) is 2.09. The third-order valence-electron chi connectivity index (χ3n) is 3.10. The number of benzene rings is 1. The van der Waals surface area contributed by atoms with Crippen LogP contribution < -0.4 is 10.5 Å². The molecule has 6 nitrogen and oxygen atoms in total. The summed E-state index contributed by atoms with van der Waals surface area (Å²) >= 11 is 0. The van der Waals surface area contributed by atoms with Crippen LogP contribution in [0.15, 0.2) is 24.3 Å². The number of hydrogen-bond donors (Lipinski definition) is 2. The molecule has 0 aliphatic carbocycles. The lowest BCUT2D eigenvalue weighted by atomic mass is 10.1. The van der Waals surface area contributed by atoms with Gasteiger partial charge in [0.2, 0.25) is 0 Å². The van der Waals surface area contributed by atoms with Gasteiger partial charge in [0.1, 0.15) is 0 Å². The van der Waals surface area contributed by atoms with Gasteiger partial charge in [0.25, 0.3) is 10.2 Å². The summed E-state index contributed by atoms with van der Waals surface area (Å²) in [5.74, 6) is 5.72. The van der Waals surface area contributed by atoms with Gasteiger partial charge in [-0.2, -0.15) is 17.4 Å². The Labute approximate surface area is 125 Å². The van der Waals surface area contributed by atoms with Gasteiger partial charge in [-0.3, -0.25) is 0 Å². The molecular formula is C14H19N3O3S. The van der Waals surface area contributed by atoms with Crippen molar-refractivity contribution >= 4 is 10.2 Å². The molecule has 7 heteroatoms. The van der Waals surface area contributed by atoms with E-state index in [4.69, 9.17) is 10.5 Å². The highest BCUT2D eigenvalue weighted by molar-refractivity contribution is 7.87. The van der Waals surface area contributed by atoms with Gasteiger partial charge in [0, 0.05) is 25.2 Å². The fourth-order valence-corrected chi connectivity index (χ4v) is 3.14. The van der Waals surface area contributed by atoms with E-state index in [-0.39, 0.29) is 13.1 Å². The second kappa shape index (κ2) is 7.54. The highest BCUT2D eigenvalue weighted by atomic mass is 32.2. The maximum Gasteiger partial charge on any atom is 0.279 e. The molecule has 1 heterocycles. The molecule has 1 aliphatic heterocycles. The molecule has 114 valence electrons. The van der Waals surface area contributed by atoms with E-state index in [1.165, 1.54) is 4.31 Å². The van der Waals surface area contributed by atoms with E-state index in [0.29, 0.717) is 26.3 Å². The van der Waals surface area contributed by atoms with Crippen molar-refractivity contribution in [3.05, 3.63) is 35.4 Å². The molecule has 0 amide bonds. The lowest BCUT2D eigenvalue weighted by Crippen LogP contribution is -2.46. The molecule has 1 aromatic rings. The zero-order valence-electron chi connectivity index (χ0n) is 11.7. The summed E-state index contributed by atoms with van der Waals surface area (Å²) < 4.78 is 33.5. The second-order valence-electron chi connectivity index (χ2n) is 4.50. The van der Waals surface area contributed by atoms with Gasteiger partial charge in [0.05, 0.1) is 19.8 Å². The highest BCUT2D eigenvalue weighted by Crippen LogP contribution is 2.09. The van der Waals surface area contributed by atoms with Crippen molar-refractivity contribution in [1.82, 2.24) is 9.03 Å². The number of nitrogens with zero attached hydrogens (tertiary/aromatic N) is 1. The predicted molar refractivity (Wildman–Crippen MR) is 80.5 cm³/mol. The van der Waals surface area contributed by atoms with Crippen LogP contribution in [0.1, 0.15) is 11.1 Å². The quantitative estimate of drug-likeness (QED) is 0.746. The van der Waals surface area contributed by atoms with Gasteiger partial charge in [-0.25, -0.2) is 0 Å². The Morgan fingerprint density at radius 3 is 2.71 bits per heavy atom. The van der Waals surface area contributed by atoms with Crippen LogP contribution in [0.25, 0.3) is 0 Å². The standard InChI is InChI=1S/C14H19N3O3S/c15-7-3-6-13-4-1-2-5-14(13)12-16-21(18,19)17-8-10-20-11-9-17/h1-2,4-5,16H,7-12,15H2. The summed E-state index contributed by atoms with van der Waals surface area (Å²) in [6.07, 6.45) is 0. The van der Waals surface area contributed by atoms with Crippen LogP contribution in [-0.4, -0.2) is 45.6 Å². The maximum absolute atomic E-state index is 12.2. The van der Waals surface area contributed by atoms with Crippen molar-refractivity contribution in [2.75, 3.05) is 32.8 Å². The largest absolute Gasteiger partial charge is 0.379 e. The van der Waals surface area contributed by atoms with Gasteiger partial charge in [0.15, 0.2) is 0 Å². The molecule has 0 unspecified atom stereocenters. The summed E-state index contributed by atoms with van der Waals surface area (Å²) in [5.41, 5.74) is 6.98. The average molecular weight is 309 g/mol. The minimum Gasteiger partial charge on any atom is -0.379 e. The van der Waals surface area contributed by atoms with Crippen molar-refractivity contribution in [3.8, 4) is 11.8 Å². The van der Waals surface area contributed by atoms with Crippen molar-refractivity contribution in [1.29, 1.82) is 0 Å². The van der Waals surface area contributed by atoms with Crippen molar-refractivity contribution < 1.29 is 13.2 Å². The summed E-state index contributed by atoms with van der Waals surface area (Å²) in [7, 11) is -3.49.